The van der Waals surface area contributed by atoms with Crippen molar-refractivity contribution in [2.24, 2.45) is 0 Å². The lowest BCUT2D eigenvalue weighted by atomic mass is 10.0. The summed E-state index contributed by atoms with van der Waals surface area (Å²) in [6.07, 6.45) is 0.698. The van der Waals surface area contributed by atoms with Crippen LogP contribution in [-0.2, 0) is 6.42 Å². The Bertz CT molecular complexity index is 705. The summed E-state index contributed by atoms with van der Waals surface area (Å²) in [4.78, 5) is 16.9. The van der Waals surface area contributed by atoms with Gasteiger partial charge in [-0.15, -0.1) is 0 Å². The number of carbonyl (C=O) groups excluding carboxylic acids is 1. The molecule has 132 valence electrons. The topological polar surface area (TPSA) is 55.8 Å². The zero-order valence-electron chi connectivity index (χ0n) is 14.6. The van der Waals surface area contributed by atoms with E-state index in [1.807, 2.05) is 35.2 Å². The number of likely N-dealkylation sites (N-methyl/N-ethyl adjacent to an activating group) is 1. The molecule has 1 aliphatic heterocycles. The molecule has 2 aromatic rings. The smallest absolute Gasteiger partial charge is 0.318 e. The summed E-state index contributed by atoms with van der Waals surface area (Å²) < 4.78 is 0. The van der Waals surface area contributed by atoms with Crippen molar-refractivity contribution in [3.05, 3.63) is 65.7 Å². The summed E-state index contributed by atoms with van der Waals surface area (Å²) >= 11 is 0. The molecule has 1 unspecified atom stereocenters. The first-order valence-corrected chi connectivity index (χ1v) is 8.69. The molecule has 1 saturated heterocycles. The van der Waals surface area contributed by atoms with Crippen molar-refractivity contribution in [2.75, 3.05) is 33.2 Å². The molecule has 5 nitrogen and oxygen atoms in total. The number of hydrogen-bond acceptors (Lipinski definition) is 3. The Morgan fingerprint density at radius 1 is 1.16 bits per heavy atom. The highest BCUT2D eigenvalue weighted by atomic mass is 16.3. The molecule has 25 heavy (non-hydrogen) atoms. The fourth-order valence-electron chi connectivity index (χ4n) is 3.25. The van der Waals surface area contributed by atoms with Crippen LogP contribution < -0.4 is 5.32 Å². The van der Waals surface area contributed by atoms with E-state index in [0.717, 1.165) is 24.2 Å². The number of hydrogen-bond donors (Lipinski definition) is 2. The van der Waals surface area contributed by atoms with E-state index in [9.17, 15) is 9.90 Å². The number of phenols is 1. The van der Waals surface area contributed by atoms with Gasteiger partial charge in [-0.25, -0.2) is 4.79 Å². The first-order chi connectivity index (χ1) is 12.1. The van der Waals surface area contributed by atoms with Gasteiger partial charge in [-0.3, -0.25) is 0 Å². The van der Waals surface area contributed by atoms with Crippen LogP contribution in [0.3, 0.4) is 0 Å². The SMILES string of the molecule is CN1CCN(C(=O)NCCc2cccc(O)c2)C(c2ccccc2)C1. The molecular weight excluding hydrogens is 314 g/mol. The third-order valence-electron chi connectivity index (χ3n) is 4.63. The molecule has 0 spiro atoms. The van der Waals surface area contributed by atoms with Gasteiger partial charge in [0, 0.05) is 26.2 Å². The fourth-order valence-corrected chi connectivity index (χ4v) is 3.25. The number of urea groups is 1. The van der Waals surface area contributed by atoms with Crippen LogP contribution in [-0.4, -0.2) is 54.2 Å². The largest absolute Gasteiger partial charge is 0.508 e. The van der Waals surface area contributed by atoms with E-state index >= 15 is 0 Å². The summed E-state index contributed by atoms with van der Waals surface area (Å²) in [5, 5.41) is 12.5. The van der Waals surface area contributed by atoms with Crippen molar-refractivity contribution in [1.29, 1.82) is 0 Å². The number of amides is 2. The molecule has 0 aromatic heterocycles. The number of piperazine rings is 1. The Morgan fingerprint density at radius 2 is 1.96 bits per heavy atom. The van der Waals surface area contributed by atoms with E-state index in [-0.39, 0.29) is 17.8 Å². The summed E-state index contributed by atoms with van der Waals surface area (Å²) in [7, 11) is 2.09. The highest BCUT2D eigenvalue weighted by Crippen LogP contribution is 2.24. The van der Waals surface area contributed by atoms with Gasteiger partial charge in [0.2, 0.25) is 0 Å². The van der Waals surface area contributed by atoms with E-state index in [1.165, 1.54) is 0 Å². The molecule has 0 radical (unpaired) electrons. The molecule has 2 aromatic carbocycles. The second kappa shape index (κ2) is 8.03. The van der Waals surface area contributed by atoms with Gasteiger partial charge in [0.05, 0.1) is 6.04 Å². The second-order valence-corrected chi connectivity index (χ2v) is 6.53. The zero-order valence-corrected chi connectivity index (χ0v) is 14.6. The molecule has 1 atom stereocenters. The first-order valence-electron chi connectivity index (χ1n) is 8.69. The van der Waals surface area contributed by atoms with Crippen molar-refractivity contribution < 1.29 is 9.90 Å². The van der Waals surface area contributed by atoms with Crippen LogP contribution in [0.25, 0.3) is 0 Å². The number of aromatic hydroxyl groups is 1. The monoisotopic (exact) mass is 339 g/mol. The van der Waals surface area contributed by atoms with Gasteiger partial charge in [-0.05, 0) is 36.7 Å². The molecule has 1 aliphatic rings. The number of nitrogens with one attached hydrogen (secondary N) is 1. The predicted octanol–water partition coefficient (Wildman–Crippen LogP) is 2.63. The number of carbonyl (C=O) groups is 1. The van der Waals surface area contributed by atoms with Gasteiger partial charge >= 0.3 is 6.03 Å². The predicted molar refractivity (Wildman–Crippen MR) is 98.6 cm³/mol. The average Bonchev–Trinajstić information content (AvgIpc) is 2.62. The molecule has 0 saturated carbocycles. The molecular formula is C20H25N3O2. The maximum Gasteiger partial charge on any atom is 0.318 e. The van der Waals surface area contributed by atoms with Crippen LogP contribution in [0, 0.1) is 0 Å². The fraction of sp³-hybridized carbons (Fsp3) is 0.350. The van der Waals surface area contributed by atoms with E-state index in [2.05, 4.69) is 29.4 Å². The van der Waals surface area contributed by atoms with Gasteiger partial charge in [-0.2, -0.15) is 0 Å². The molecule has 5 heteroatoms. The van der Waals surface area contributed by atoms with Gasteiger partial charge in [0.15, 0.2) is 0 Å². The second-order valence-electron chi connectivity index (χ2n) is 6.53. The quantitative estimate of drug-likeness (QED) is 0.900. The van der Waals surface area contributed by atoms with Crippen LogP contribution in [0.4, 0.5) is 4.79 Å². The highest BCUT2D eigenvalue weighted by molar-refractivity contribution is 5.75. The molecule has 3 rings (SSSR count). The third-order valence-corrected chi connectivity index (χ3v) is 4.63. The number of benzene rings is 2. The Kier molecular flexibility index (Phi) is 5.56. The van der Waals surface area contributed by atoms with Crippen LogP contribution in [0.15, 0.2) is 54.6 Å². The van der Waals surface area contributed by atoms with E-state index in [4.69, 9.17) is 0 Å². The Labute approximate surface area is 148 Å². The first kappa shape index (κ1) is 17.3. The van der Waals surface area contributed by atoms with Crippen LogP contribution in [0.2, 0.25) is 0 Å². The van der Waals surface area contributed by atoms with Crippen LogP contribution in [0.5, 0.6) is 5.75 Å². The van der Waals surface area contributed by atoms with E-state index in [1.54, 1.807) is 12.1 Å². The number of phenolic OH excluding ortho intramolecular Hbond substituents is 1. The van der Waals surface area contributed by atoms with Gasteiger partial charge in [-0.1, -0.05) is 42.5 Å². The third kappa shape index (κ3) is 4.51. The molecule has 0 aliphatic carbocycles. The van der Waals surface area contributed by atoms with Gasteiger partial charge < -0.3 is 20.2 Å². The minimum Gasteiger partial charge on any atom is -0.508 e. The van der Waals surface area contributed by atoms with Crippen molar-refractivity contribution in [3.8, 4) is 5.75 Å². The number of nitrogens with zero attached hydrogens (tertiary/aromatic N) is 2. The maximum absolute atomic E-state index is 12.7. The maximum atomic E-state index is 12.7. The Balaban J connectivity index is 1.61. The lowest BCUT2D eigenvalue weighted by Gasteiger charge is -2.40. The summed E-state index contributed by atoms with van der Waals surface area (Å²) in [6.45, 7) is 2.98. The minimum absolute atomic E-state index is 0.0258. The molecule has 1 fully saturated rings. The minimum atomic E-state index is -0.0258. The van der Waals surface area contributed by atoms with E-state index in [0.29, 0.717) is 19.5 Å². The standard InChI is InChI=1S/C20H25N3O2/c1-22-12-13-23(19(15-22)17-7-3-2-4-8-17)20(25)21-11-10-16-6-5-9-18(24)14-16/h2-9,14,19,24H,10-13,15H2,1H3,(H,21,25). The van der Waals surface area contributed by atoms with Gasteiger partial charge in [0.25, 0.3) is 0 Å². The normalized spacial score (nSPS) is 18.1. The Hall–Kier alpha value is -2.53. The highest BCUT2D eigenvalue weighted by Gasteiger charge is 2.29. The van der Waals surface area contributed by atoms with Crippen molar-refractivity contribution in [1.82, 2.24) is 15.1 Å². The molecule has 1 heterocycles. The van der Waals surface area contributed by atoms with Crippen molar-refractivity contribution in [3.63, 3.8) is 0 Å². The zero-order chi connectivity index (χ0) is 17.6. The summed E-state index contributed by atoms with van der Waals surface area (Å²) in [5.74, 6) is 0.257. The summed E-state index contributed by atoms with van der Waals surface area (Å²) in [5.41, 5.74) is 2.18. The Morgan fingerprint density at radius 3 is 2.72 bits per heavy atom. The molecule has 0 bridgehead atoms. The molecule has 2 N–H and O–H groups in total. The molecule has 2 amide bonds. The summed E-state index contributed by atoms with van der Waals surface area (Å²) in [6, 6.07) is 17.4. The van der Waals surface area contributed by atoms with Crippen molar-refractivity contribution >= 4 is 6.03 Å². The van der Waals surface area contributed by atoms with Gasteiger partial charge in [0.1, 0.15) is 5.75 Å². The van der Waals surface area contributed by atoms with Crippen LogP contribution in [0.1, 0.15) is 17.2 Å². The average molecular weight is 339 g/mol. The lowest BCUT2D eigenvalue weighted by molar-refractivity contribution is 0.109. The number of rotatable bonds is 4. The van der Waals surface area contributed by atoms with Crippen molar-refractivity contribution in [2.45, 2.75) is 12.5 Å². The van der Waals surface area contributed by atoms with E-state index < -0.39 is 0 Å². The van der Waals surface area contributed by atoms with Crippen LogP contribution >= 0.6 is 0 Å². The lowest BCUT2D eigenvalue weighted by Crippen LogP contribution is -2.52.